The number of carbonyl (C=O) groups is 1. The van der Waals surface area contributed by atoms with Crippen LogP contribution in [-0.4, -0.2) is 68.5 Å². The molecule has 1 fully saturated rings. The molecular weight excluding hydrogens is 507 g/mol. The Labute approximate surface area is 223 Å². The third-order valence-corrected chi connectivity index (χ3v) is 6.60. The van der Waals surface area contributed by atoms with Crippen LogP contribution in [0.15, 0.2) is 55.0 Å². The number of imidazole rings is 1. The molecule has 39 heavy (non-hydrogen) atoms. The lowest BCUT2D eigenvalue weighted by Crippen LogP contribution is -2.44. The van der Waals surface area contributed by atoms with Gasteiger partial charge in [0.25, 0.3) is 5.91 Å². The van der Waals surface area contributed by atoms with E-state index in [1.165, 1.54) is 24.4 Å². The van der Waals surface area contributed by atoms with Crippen LogP contribution in [0.25, 0.3) is 5.65 Å². The molecule has 200 valence electrons. The van der Waals surface area contributed by atoms with Crippen molar-refractivity contribution in [3.05, 3.63) is 88.6 Å². The first-order chi connectivity index (χ1) is 18.7. The summed E-state index contributed by atoms with van der Waals surface area (Å²) in [5.74, 6) is 5.39. The number of nitrogens with zero attached hydrogens (tertiary/aromatic N) is 6. The number of nitrogens with one attached hydrogen (secondary N) is 1. The lowest BCUT2D eigenvalue weighted by molar-refractivity contribution is -0.138. The van der Waals surface area contributed by atoms with Crippen molar-refractivity contribution in [2.45, 2.75) is 19.6 Å². The van der Waals surface area contributed by atoms with Crippen molar-refractivity contribution in [3.63, 3.8) is 0 Å². The van der Waals surface area contributed by atoms with Crippen molar-refractivity contribution in [1.29, 1.82) is 0 Å². The number of benzene rings is 1. The Morgan fingerprint density at radius 3 is 2.62 bits per heavy atom. The molecule has 4 aromatic rings. The topological polar surface area (TPSA) is 78.7 Å². The number of rotatable bonds is 4. The molecule has 1 saturated heterocycles. The lowest BCUT2D eigenvalue weighted by Gasteiger charge is -2.33. The van der Waals surface area contributed by atoms with Gasteiger partial charge in [-0.15, -0.1) is 0 Å². The zero-order chi connectivity index (χ0) is 27.6. The molecule has 1 N–H and O–H groups in total. The van der Waals surface area contributed by atoms with Crippen molar-refractivity contribution in [1.82, 2.24) is 29.4 Å². The fourth-order valence-corrected chi connectivity index (χ4v) is 4.33. The number of carbonyl (C=O) groups excluding carboxylic acids is 1. The van der Waals surface area contributed by atoms with Gasteiger partial charge in [-0.2, -0.15) is 18.3 Å². The smallest absolute Gasteiger partial charge is 0.321 e. The fourth-order valence-electron chi connectivity index (χ4n) is 4.33. The van der Waals surface area contributed by atoms with Gasteiger partial charge in [0, 0.05) is 56.4 Å². The van der Waals surface area contributed by atoms with Crippen LogP contribution < -0.4 is 5.32 Å². The molecule has 3 aromatic heterocycles. The predicted molar refractivity (Wildman–Crippen MR) is 140 cm³/mol. The number of anilines is 1. The summed E-state index contributed by atoms with van der Waals surface area (Å²) in [5.41, 5.74) is 2.03. The van der Waals surface area contributed by atoms with Crippen LogP contribution in [0, 0.1) is 18.8 Å². The minimum atomic E-state index is -4.56. The maximum Gasteiger partial charge on any atom is 0.416 e. The third-order valence-electron chi connectivity index (χ3n) is 6.60. The van der Waals surface area contributed by atoms with E-state index in [4.69, 9.17) is 0 Å². The SMILES string of the molecule is Cc1cnc(C(=O)Nc2ccc(CN3CCN(C)CC3)c(C(F)(F)F)c2)cc1C#Cc1cnc2cccnn12. The van der Waals surface area contributed by atoms with Gasteiger partial charge >= 0.3 is 6.18 Å². The zero-order valence-corrected chi connectivity index (χ0v) is 21.5. The lowest BCUT2D eigenvalue weighted by atomic mass is 10.0. The van der Waals surface area contributed by atoms with Gasteiger partial charge in [0.05, 0.1) is 11.8 Å². The van der Waals surface area contributed by atoms with E-state index in [-0.39, 0.29) is 23.5 Å². The highest BCUT2D eigenvalue weighted by atomic mass is 19.4. The molecule has 0 bridgehead atoms. The Kier molecular flexibility index (Phi) is 7.32. The number of pyridine rings is 1. The van der Waals surface area contributed by atoms with Gasteiger partial charge in [-0.1, -0.05) is 12.0 Å². The van der Waals surface area contributed by atoms with Gasteiger partial charge < -0.3 is 10.2 Å². The maximum atomic E-state index is 13.9. The molecule has 0 saturated carbocycles. The Morgan fingerprint density at radius 2 is 1.85 bits per heavy atom. The molecule has 0 unspecified atom stereocenters. The summed E-state index contributed by atoms with van der Waals surface area (Å²) in [6.07, 6.45) is 0.181. The Morgan fingerprint density at radius 1 is 1.05 bits per heavy atom. The van der Waals surface area contributed by atoms with Gasteiger partial charge in [0.1, 0.15) is 11.4 Å². The Balaban J connectivity index is 1.35. The number of aromatic nitrogens is 4. The first-order valence-electron chi connectivity index (χ1n) is 12.4. The van der Waals surface area contributed by atoms with E-state index in [0.717, 1.165) is 24.7 Å². The minimum absolute atomic E-state index is 0.0382. The molecule has 0 atom stereocenters. The Bertz CT molecular complexity index is 1580. The first-order valence-corrected chi connectivity index (χ1v) is 12.4. The molecule has 0 radical (unpaired) electrons. The molecule has 11 heteroatoms. The van der Waals surface area contributed by atoms with Crippen LogP contribution in [0.2, 0.25) is 0 Å². The summed E-state index contributed by atoms with van der Waals surface area (Å²) < 4.78 is 43.4. The van der Waals surface area contributed by atoms with E-state index >= 15 is 0 Å². The summed E-state index contributed by atoms with van der Waals surface area (Å²) in [7, 11) is 1.99. The molecular formula is C28H26F3N7O. The number of aryl methyl sites for hydroxylation is 1. The number of halogens is 3. The van der Waals surface area contributed by atoms with E-state index in [2.05, 4.69) is 37.1 Å². The first kappa shape index (κ1) is 26.3. The van der Waals surface area contributed by atoms with Crippen LogP contribution in [0.5, 0.6) is 0 Å². The maximum absolute atomic E-state index is 13.9. The molecule has 1 aliphatic rings. The van der Waals surface area contributed by atoms with Crippen LogP contribution in [0.1, 0.15) is 38.4 Å². The van der Waals surface area contributed by atoms with Gasteiger partial charge in [-0.25, -0.2) is 9.50 Å². The Hall–Kier alpha value is -4.27. The number of hydrogen-bond donors (Lipinski definition) is 1. The molecule has 4 heterocycles. The summed E-state index contributed by atoms with van der Waals surface area (Å²) >= 11 is 0. The average molecular weight is 534 g/mol. The largest absolute Gasteiger partial charge is 0.416 e. The number of fused-ring (bicyclic) bond motifs is 1. The summed E-state index contributed by atoms with van der Waals surface area (Å²) in [6, 6.07) is 9.00. The molecule has 1 aliphatic heterocycles. The molecule has 0 aliphatic carbocycles. The van der Waals surface area contributed by atoms with E-state index in [0.29, 0.717) is 30.0 Å². The molecule has 1 aromatic carbocycles. The van der Waals surface area contributed by atoms with Crippen molar-refractivity contribution in [2.75, 3.05) is 38.5 Å². The van der Waals surface area contributed by atoms with Gasteiger partial charge in [0.15, 0.2) is 5.65 Å². The van der Waals surface area contributed by atoms with Crippen molar-refractivity contribution >= 4 is 17.2 Å². The minimum Gasteiger partial charge on any atom is -0.321 e. The standard InChI is InChI=1S/C28H26F3N7O/c1-19-16-32-25(14-20(19)6-8-23-17-33-26-4-3-9-34-38(23)26)27(39)35-22-7-5-21(24(15-22)28(29,30)31)18-37-12-10-36(2)11-13-37/h3-5,7,9,14-17H,10-13,18H2,1-2H3,(H,35,39). The average Bonchev–Trinajstić information content (AvgIpc) is 3.33. The van der Waals surface area contributed by atoms with Gasteiger partial charge in [0.2, 0.25) is 0 Å². The van der Waals surface area contributed by atoms with Gasteiger partial charge in [-0.05, 0) is 61.4 Å². The summed E-state index contributed by atoms with van der Waals surface area (Å²) in [4.78, 5) is 25.5. The van der Waals surface area contributed by atoms with E-state index < -0.39 is 17.6 Å². The molecule has 8 nitrogen and oxygen atoms in total. The van der Waals surface area contributed by atoms with E-state index in [1.807, 2.05) is 11.9 Å². The molecule has 1 amide bonds. The highest BCUT2D eigenvalue weighted by molar-refractivity contribution is 6.03. The third kappa shape index (κ3) is 6.08. The van der Waals surface area contributed by atoms with Crippen molar-refractivity contribution < 1.29 is 18.0 Å². The van der Waals surface area contributed by atoms with Crippen molar-refractivity contribution in [2.24, 2.45) is 0 Å². The highest BCUT2D eigenvalue weighted by Crippen LogP contribution is 2.34. The number of amides is 1. The normalized spacial score (nSPS) is 14.7. The second-order valence-electron chi connectivity index (χ2n) is 9.47. The van der Waals surface area contributed by atoms with Gasteiger partial charge in [-0.3, -0.25) is 14.7 Å². The van der Waals surface area contributed by atoms with Crippen LogP contribution in [0.4, 0.5) is 18.9 Å². The monoisotopic (exact) mass is 533 g/mol. The van der Waals surface area contributed by atoms with E-state index in [1.54, 1.807) is 36.0 Å². The fraction of sp³-hybridized carbons (Fsp3) is 0.286. The summed E-state index contributed by atoms with van der Waals surface area (Å²) in [5, 5.41) is 6.78. The molecule has 0 spiro atoms. The zero-order valence-electron chi connectivity index (χ0n) is 21.5. The quantitative estimate of drug-likeness (QED) is 0.402. The summed E-state index contributed by atoms with van der Waals surface area (Å²) in [6.45, 7) is 5.01. The highest BCUT2D eigenvalue weighted by Gasteiger charge is 2.34. The van der Waals surface area contributed by atoms with Crippen molar-refractivity contribution in [3.8, 4) is 11.8 Å². The number of hydrogen-bond acceptors (Lipinski definition) is 6. The predicted octanol–water partition coefficient (Wildman–Crippen LogP) is 3.85. The van der Waals surface area contributed by atoms with Crippen LogP contribution in [0.3, 0.4) is 0 Å². The second kappa shape index (κ2) is 10.8. The molecule has 5 rings (SSSR count). The van der Waals surface area contributed by atoms with E-state index in [9.17, 15) is 18.0 Å². The van der Waals surface area contributed by atoms with Crippen LogP contribution in [-0.2, 0) is 12.7 Å². The van der Waals surface area contributed by atoms with Crippen LogP contribution >= 0.6 is 0 Å². The number of likely N-dealkylation sites (N-methyl/N-ethyl adjacent to an activating group) is 1. The number of alkyl halides is 3. The second-order valence-corrected chi connectivity index (χ2v) is 9.47. The number of piperazine rings is 1.